The van der Waals surface area contributed by atoms with E-state index in [1.54, 1.807) is 21.6 Å². The van der Waals surface area contributed by atoms with Crippen molar-refractivity contribution in [1.29, 1.82) is 0 Å². The van der Waals surface area contributed by atoms with Crippen molar-refractivity contribution in [3.05, 3.63) is 46.1 Å². The molecule has 1 aliphatic rings. The molecule has 1 N–H and O–H groups in total. The maximum absolute atomic E-state index is 12.8. The lowest BCUT2D eigenvalue weighted by atomic mass is 9.89. The summed E-state index contributed by atoms with van der Waals surface area (Å²) in [5.41, 5.74) is 2.11. The summed E-state index contributed by atoms with van der Waals surface area (Å²) in [5, 5.41) is 18.6. The summed E-state index contributed by atoms with van der Waals surface area (Å²) in [7, 11) is 0. The van der Waals surface area contributed by atoms with Crippen molar-refractivity contribution in [2.24, 2.45) is 5.92 Å². The Balaban J connectivity index is 1.57. The molecule has 1 saturated carbocycles. The molecule has 0 saturated heterocycles. The first-order valence-electron chi connectivity index (χ1n) is 9.48. The molecule has 0 spiro atoms. The fourth-order valence-corrected chi connectivity index (χ4v) is 3.94. The molecule has 8 nitrogen and oxygen atoms in total. The summed E-state index contributed by atoms with van der Waals surface area (Å²) in [4.78, 5) is 12.8. The van der Waals surface area contributed by atoms with Crippen LogP contribution in [0.4, 0.5) is 0 Å². The molecule has 0 aromatic carbocycles. The van der Waals surface area contributed by atoms with Gasteiger partial charge in [-0.15, -0.1) is 0 Å². The van der Waals surface area contributed by atoms with Crippen LogP contribution in [0, 0.1) is 19.8 Å². The smallest absolute Gasteiger partial charge is 0.335 e. The van der Waals surface area contributed by atoms with Crippen molar-refractivity contribution in [3.8, 4) is 11.6 Å². The summed E-state index contributed by atoms with van der Waals surface area (Å²) in [6.45, 7) is 4.91. The topological polar surface area (TPSA) is 91.0 Å². The Kier molecular flexibility index (Phi) is 4.63. The van der Waals surface area contributed by atoms with Gasteiger partial charge in [0.1, 0.15) is 5.76 Å². The summed E-state index contributed by atoms with van der Waals surface area (Å²) in [6, 6.07) is 0. The zero-order valence-electron chi connectivity index (χ0n) is 15.8. The number of aromatic nitrogens is 5. The minimum absolute atomic E-state index is 0.0623. The highest BCUT2D eigenvalue weighted by atomic mass is 16.5. The van der Waals surface area contributed by atoms with E-state index in [-0.39, 0.29) is 11.6 Å². The van der Waals surface area contributed by atoms with Gasteiger partial charge in [-0.1, -0.05) is 24.4 Å². The number of rotatable bonds is 5. The molecule has 3 heterocycles. The number of imidazole rings is 1. The second-order valence-corrected chi connectivity index (χ2v) is 7.46. The van der Waals surface area contributed by atoms with Gasteiger partial charge in [0.15, 0.2) is 0 Å². The summed E-state index contributed by atoms with van der Waals surface area (Å²) >= 11 is 0. The first-order chi connectivity index (χ1) is 13.0. The highest BCUT2D eigenvalue weighted by Crippen LogP contribution is 2.25. The van der Waals surface area contributed by atoms with Crippen LogP contribution in [0.15, 0.2) is 27.9 Å². The van der Waals surface area contributed by atoms with Crippen LogP contribution in [0.5, 0.6) is 5.88 Å². The van der Waals surface area contributed by atoms with Crippen LogP contribution < -0.4 is 5.69 Å². The van der Waals surface area contributed by atoms with Crippen molar-refractivity contribution in [1.82, 2.24) is 24.1 Å². The second kappa shape index (κ2) is 7.09. The first-order valence-corrected chi connectivity index (χ1v) is 9.48. The molecular weight excluding hydrogens is 346 g/mol. The number of aryl methyl sites for hydroxylation is 2. The third kappa shape index (κ3) is 3.43. The molecule has 144 valence electrons. The summed E-state index contributed by atoms with van der Waals surface area (Å²) < 4.78 is 9.82. The molecule has 0 atom stereocenters. The van der Waals surface area contributed by atoms with Crippen molar-refractivity contribution < 1.29 is 9.63 Å². The number of aromatic hydroxyl groups is 1. The molecule has 0 bridgehead atoms. The minimum Gasteiger partial charge on any atom is -0.493 e. The number of hydrogen-bond acceptors (Lipinski definition) is 5. The van der Waals surface area contributed by atoms with E-state index in [4.69, 9.17) is 4.52 Å². The van der Waals surface area contributed by atoms with Crippen molar-refractivity contribution in [2.75, 3.05) is 0 Å². The molecule has 1 fully saturated rings. The predicted molar refractivity (Wildman–Crippen MR) is 99.1 cm³/mol. The quantitative estimate of drug-likeness (QED) is 0.745. The lowest BCUT2D eigenvalue weighted by Gasteiger charge is -2.21. The van der Waals surface area contributed by atoms with Crippen LogP contribution in [-0.4, -0.2) is 29.2 Å². The Morgan fingerprint density at radius 2 is 2.00 bits per heavy atom. The van der Waals surface area contributed by atoms with E-state index in [0.717, 1.165) is 29.9 Å². The van der Waals surface area contributed by atoms with Gasteiger partial charge in [0.2, 0.25) is 5.88 Å². The molecule has 1 aliphatic carbocycles. The van der Waals surface area contributed by atoms with Gasteiger partial charge in [-0.2, -0.15) is 5.10 Å². The molecule has 4 rings (SSSR count). The van der Waals surface area contributed by atoms with Crippen LogP contribution in [0.2, 0.25) is 0 Å². The van der Waals surface area contributed by atoms with E-state index in [9.17, 15) is 9.90 Å². The van der Waals surface area contributed by atoms with Crippen molar-refractivity contribution in [3.63, 3.8) is 0 Å². The van der Waals surface area contributed by atoms with Gasteiger partial charge in [-0.05, 0) is 32.6 Å². The van der Waals surface area contributed by atoms with Crippen LogP contribution in [0.3, 0.4) is 0 Å². The Morgan fingerprint density at radius 1 is 1.22 bits per heavy atom. The fourth-order valence-electron chi connectivity index (χ4n) is 3.94. The second-order valence-electron chi connectivity index (χ2n) is 7.46. The Hall–Kier alpha value is -2.77. The lowest BCUT2D eigenvalue weighted by molar-refractivity contribution is 0.316. The number of nitrogens with zero attached hydrogens (tertiary/aromatic N) is 5. The van der Waals surface area contributed by atoms with Crippen LogP contribution in [0.1, 0.15) is 49.1 Å². The third-order valence-corrected chi connectivity index (χ3v) is 5.50. The average molecular weight is 371 g/mol. The molecule has 0 radical (unpaired) electrons. The SMILES string of the molecule is Cc1noc(C)c1Cn1cc(-n2c(O)cn(CC3CCCCC3)c2=O)cn1. The highest BCUT2D eigenvalue weighted by molar-refractivity contribution is 5.31. The van der Waals surface area contributed by atoms with E-state index in [1.165, 1.54) is 30.0 Å². The zero-order chi connectivity index (χ0) is 19.0. The molecular formula is C19H25N5O3. The molecule has 27 heavy (non-hydrogen) atoms. The van der Waals surface area contributed by atoms with E-state index in [0.29, 0.717) is 24.7 Å². The van der Waals surface area contributed by atoms with E-state index < -0.39 is 0 Å². The Morgan fingerprint density at radius 3 is 2.70 bits per heavy atom. The zero-order valence-corrected chi connectivity index (χ0v) is 15.8. The summed E-state index contributed by atoms with van der Waals surface area (Å²) in [6.07, 6.45) is 10.9. The van der Waals surface area contributed by atoms with Gasteiger partial charge in [-0.3, -0.25) is 9.25 Å². The van der Waals surface area contributed by atoms with Crippen LogP contribution >= 0.6 is 0 Å². The van der Waals surface area contributed by atoms with E-state index in [2.05, 4.69) is 10.3 Å². The predicted octanol–water partition coefficient (Wildman–Crippen LogP) is 2.77. The summed E-state index contributed by atoms with van der Waals surface area (Å²) in [5.74, 6) is 1.20. The minimum atomic E-state index is -0.227. The lowest BCUT2D eigenvalue weighted by Crippen LogP contribution is -2.26. The van der Waals surface area contributed by atoms with Gasteiger partial charge in [0, 0.05) is 18.3 Å². The van der Waals surface area contributed by atoms with Crippen LogP contribution in [0.25, 0.3) is 5.69 Å². The Bertz CT molecular complexity index is 968. The van der Waals surface area contributed by atoms with E-state index in [1.807, 2.05) is 13.8 Å². The fraction of sp³-hybridized carbons (Fsp3) is 0.526. The van der Waals surface area contributed by atoms with Gasteiger partial charge in [-0.25, -0.2) is 9.36 Å². The first kappa shape index (κ1) is 17.6. The molecule has 0 unspecified atom stereocenters. The van der Waals surface area contributed by atoms with Gasteiger partial charge < -0.3 is 9.63 Å². The van der Waals surface area contributed by atoms with Gasteiger partial charge >= 0.3 is 5.69 Å². The average Bonchev–Trinajstić information content (AvgIpc) is 3.31. The van der Waals surface area contributed by atoms with E-state index >= 15 is 0 Å². The monoisotopic (exact) mass is 371 g/mol. The van der Waals surface area contributed by atoms with Crippen molar-refractivity contribution >= 4 is 0 Å². The molecule has 0 amide bonds. The van der Waals surface area contributed by atoms with Crippen molar-refractivity contribution in [2.45, 2.75) is 59.0 Å². The van der Waals surface area contributed by atoms with Gasteiger partial charge in [0.25, 0.3) is 0 Å². The Labute approximate surface area is 157 Å². The van der Waals surface area contributed by atoms with Crippen LogP contribution in [-0.2, 0) is 13.1 Å². The molecule has 3 aromatic heterocycles. The molecule has 0 aliphatic heterocycles. The third-order valence-electron chi connectivity index (χ3n) is 5.50. The largest absolute Gasteiger partial charge is 0.493 e. The standard InChI is InChI=1S/C19H25N5O3/c1-13-17(14(2)27-21-13)11-23-10-16(8-20-23)24-18(25)12-22(19(24)26)9-15-6-4-3-5-7-15/h8,10,12,15,25H,3-7,9,11H2,1-2H3. The maximum atomic E-state index is 12.8. The highest BCUT2D eigenvalue weighted by Gasteiger charge is 2.19. The maximum Gasteiger partial charge on any atom is 0.335 e. The molecule has 3 aromatic rings. The van der Waals surface area contributed by atoms with Gasteiger partial charge in [0.05, 0.1) is 30.3 Å². The normalized spacial score (nSPS) is 15.5. The molecule has 8 heteroatoms. The number of hydrogen-bond donors (Lipinski definition) is 1.